The third kappa shape index (κ3) is 5.19. The van der Waals surface area contributed by atoms with Gasteiger partial charge in [0.15, 0.2) is 0 Å². The molecule has 0 radical (unpaired) electrons. The fraction of sp³-hybridized carbons (Fsp3) is 0.400. The first-order valence-corrected chi connectivity index (χ1v) is 9.59. The molecule has 9 heteroatoms. The van der Waals surface area contributed by atoms with Gasteiger partial charge in [0.05, 0.1) is 17.1 Å². The van der Waals surface area contributed by atoms with Crippen LogP contribution in [0.3, 0.4) is 0 Å². The molecular formula is C20H22ClF3N4O. The van der Waals surface area contributed by atoms with E-state index >= 15 is 0 Å². The molecule has 1 aliphatic heterocycles. The van der Waals surface area contributed by atoms with Crippen LogP contribution >= 0.6 is 11.6 Å². The number of aryl methyl sites for hydroxylation is 1. The van der Waals surface area contributed by atoms with Crippen molar-refractivity contribution < 1.29 is 18.0 Å². The largest absolute Gasteiger partial charge is 0.417 e. The molecule has 5 nitrogen and oxygen atoms in total. The van der Waals surface area contributed by atoms with E-state index in [1.165, 1.54) is 0 Å². The van der Waals surface area contributed by atoms with Crippen LogP contribution in [0.4, 0.5) is 24.7 Å². The van der Waals surface area contributed by atoms with Crippen LogP contribution < -0.4 is 10.2 Å². The number of alkyl halides is 3. The second-order valence-corrected chi connectivity index (χ2v) is 7.49. The van der Waals surface area contributed by atoms with E-state index in [0.717, 1.165) is 29.1 Å². The molecule has 2 aromatic rings. The van der Waals surface area contributed by atoms with E-state index in [9.17, 15) is 18.0 Å². The molecule has 1 aromatic carbocycles. The average molecular weight is 427 g/mol. The lowest BCUT2D eigenvalue weighted by atomic mass is 10.1. The fourth-order valence-electron chi connectivity index (χ4n) is 3.22. The SMILES string of the molecule is Cc1cccc(NC(=O)CN2CCN(c3ncc(C(F)(F)F)cc3Cl)CC2)c1C. The summed E-state index contributed by atoms with van der Waals surface area (Å²) in [5, 5.41) is 2.91. The highest BCUT2D eigenvalue weighted by Crippen LogP contribution is 2.33. The summed E-state index contributed by atoms with van der Waals surface area (Å²) in [4.78, 5) is 20.1. The number of piperazine rings is 1. The highest BCUT2D eigenvalue weighted by molar-refractivity contribution is 6.33. The monoisotopic (exact) mass is 426 g/mol. The zero-order valence-corrected chi connectivity index (χ0v) is 16.9. The van der Waals surface area contributed by atoms with Crippen molar-refractivity contribution in [3.05, 3.63) is 52.2 Å². The van der Waals surface area contributed by atoms with Crippen molar-refractivity contribution >= 4 is 29.0 Å². The number of rotatable bonds is 4. The van der Waals surface area contributed by atoms with Crippen molar-refractivity contribution in [1.82, 2.24) is 9.88 Å². The van der Waals surface area contributed by atoms with Gasteiger partial charge in [-0.05, 0) is 37.1 Å². The quantitative estimate of drug-likeness (QED) is 0.798. The summed E-state index contributed by atoms with van der Waals surface area (Å²) >= 11 is 6.03. The highest BCUT2D eigenvalue weighted by atomic mass is 35.5. The Labute approximate surface area is 172 Å². The topological polar surface area (TPSA) is 48.5 Å². The van der Waals surface area contributed by atoms with Gasteiger partial charge in [0.25, 0.3) is 0 Å². The summed E-state index contributed by atoms with van der Waals surface area (Å²) in [7, 11) is 0. The molecule has 1 fully saturated rings. The number of halogens is 4. The Balaban J connectivity index is 1.55. The van der Waals surface area contributed by atoms with Gasteiger partial charge in [-0.25, -0.2) is 4.98 Å². The van der Waals surface area contributed by atoms with Crippen molar-refractivity contribution in [2.45, 2.75) is 20.0 Å². The maximum absolute atomic E-state index is 12.8. The zero-order valence-electron chi connectivity index (χ0n) is 16.2. The standard InChI is InChI=1S/C20H22ClF3N4O/c1-13-4-3-5-17(14(13)2)26-18(29)12-27-6-8-28(9-7-27)19-16(21)10-15(11-25-19)20(22,23)24/h3-5,10-11H,6-9,12H2,1-2H3,(H,26,29). The summed E-state index contributed by atoms with van der Waals surface area (Å²) < 4.78 is 38.3. The number of carbonyl (C=O) groups excluding carboxylic acids is 1. The molecule has 1 amide bonds. The van der Waals surface area contributed by atoms with Crippen LogP contribution in [-0.2, 0) is 11.0 Å². The Morgan fingerprint density at radius 2 is 1.90 bits per heavy atom. The number of hydrogen-bond donors (Lipinski definition) is 1. The van der Waals surface area contributed by atoms with Gasteiger partial charge in [-0.1, -0.05) is 23.7 Å². The fourth-order valence-corrected chi connectivity index (χ4v) is 3.50. The predicted molar refractivity (Wildman–Crippen MR) is 107 cm³/mol. The lowest BCUT2D eigenvalue weighted by Gasteiger charge is -2.35. The van der Waals surface area contributed by atoms with E-state index in [-0.39, 0.29) is 17.5 Å². The lowest BCUT2D eigenvalue weighted by Crippen LogP contribution is -2.49. The zero-order chi connectivity index (χ0) is 21.2. The van der Waals surface area contributed by atoms with Gasteiger partial charge in [0.2, 0.25) is 5.91 Å². The Morgan fingerprint density at radius 1 is 1.21 bits per heavy atom. The number of aromatic nitrogens is 1. The number of hydrogen-bond acceptors (Lipinski definition) is 4. The van der Waals surface area contributed by atoms with Crippen LogP contribution in [0.5, 0.6) is 0 Å². The van der Waals surface area contributed by atoms with E-state index in [1.807, 2.05) is 41.8 Å². The molecule has 0 unspecified atom stereocenters. The molecule has 1 aliphatic rings. The minimum atomic E-state index is -4.48. The molecule has 0 saturated carbocycles. The highest BCUT2D eigenvalue weighted by Gasteiger charge is 2.32. The molecule has 1 aromatic heterocycles. The first-order chi connectivity index (χ1) is 13.6. The number of benzene rings is 1. The summed E-state index contributed by atoms with van der Waals surface area (Å²) in [6.45, 7) is 6.41. The molecule has 3 rings (SSSR count). The minimum absolute atomic E-state index is 0.0269. The molecule has 0 bridgehead atoms. The van der Waals surface area contributed by atoms with E-state index in [4.69, 9.17) is 11.6 Å². The van der Waals surface area contributed by atoms with Crippen LogP contribution in [0.25, 0.3) is 0 Å². The summed E-state index contributed by atoms with van der Waals surface area (Å²) in [6, 6.07) is 6.66. The molecular weight excluding hydrogens is 405 g/mol. The first kappa shape index (κ1) is 21.4. The van der Waals surface area contributed by atoms with Gasteiger partial charge in [-0.3, -0.25) is 9.69 Å². The second kappa shape index (κ2) is 8.59. The Kier molecular flexibility index (Phi) is 6.33. The number of carbonyl (C=O) groups is 1. The first-order valence-electron chi connectivity index (χ1n) is 9.21. The second-order valence-electron chi connectivity index (χ2n) is 7.09. The van der Waals surface area contributed by atoms with E-state index in [1.54, 1.807) is 0 Å². The number of amides is 1. The normalized spacial score (nSPS) is 15.4. The van der Waals surface area contributed by atoms with Gasteiger partial charge >= 0.3 is 6.18 Å². The molecule has 0 atom stereocenters. The van der Waals surface area contributed by atoms with E-state index in [2.05, 4.69) is 10.3 Å². The van der Waals surface area contributed by atoms with Crippen LogP contribution in [0, 0.1) is 13.8 Å². The maximum Gasteiger partial charge on any atom is 0.417 e. The van der Waals surface area contributed by atoms with Crippen molar-refractivity contribution in [1.29, 1.82) is 0 Å². The third-order valence-corrected chi connectivity index (χ3v) is 5.34. The van der Waals surface area contributed by atoms with Gasteiger partial charge in [0.1, 0.15) is 5.82 Å². The van der Waals surface area contributed by atoms with Crippen LogP contribution in [-0.4, -0.2) is 48.5 Å². The minimum Gasteiger partial charge on any atom is -0.353 e. The Morgan fingerprint density at radius 3 is 2.52 bits per heavy atom. The van der Waals surface area contributed by atoms with Gasteiger partial charge < -0.3 is 10.2 Å². The van der Waals surface area contributed by atoms with Crippen molar-refractivity contribution in [3.8, 4) is 0 Å². The predicted octanol–water partition coefficient (Wildman–Crippen LogP) is 4.13. The third-order valence-electron chi connectivity index (χ3n) is 5.07. The lowest BCUT2D eigenvalue weighted by molar-refractivity contribution is -0.137. The molecule has 156 valence electrons. The summed E-state index contributed by atoms with van der Waals surface area (Å²) in [6.07, 6.45) is -3.68. The van der Waals surface area contributed by atoms with Crippen molar-refractivity contribution in [3.63, 3.8) is 0 Å². The Hall–Kier alpha value is -2.32. The molecule has 0 aliphatic carbocycles. The van der Waals surface area contributed by atoms with E-state index < -0.39 is 11.7 Å². The van der Waals surface area contributed by atoms with E-state index in [0.29, 0.717) is 32.0 Å². The van der Waals surface area contributed by atoms with Gasteiger partial charge in [-0.2, -0.15) is 13.2 Å². The van der Waals surface area contributed by atoms with Gasteiger partial charge in [0, 0.05) is 38.1 Å². The molecule has 0 spiro atoms. The average Bonchev–Trinajstić information content (AvgIpc) is 2.65. The number of anilines is 2. The van der Waals surface area contributed by atoms with Crippen LogP contribution in [0.2, 0.25) is 5.02 Å². The Bertz CT molecular complexity index is 896. The molecule has 1 saturated heterocycles. The smallest absolute Gasteiger partial charge is 0.353 e. The van der Waals surface area contributed by atoms with Gasteiger partial charge in [-0.15, -0.1) is 0 Å². The van der Waals surface area contributed by atoms with Crippen LogP contribution in [0.1, 0.15) is 16.7 Å². The maximum atomic E-state index is 12.8. The molecule has 1 N–H and O–H groups in total. The number of nitrogens with zero attached hydrogens (tertiary/aromatic N) is 3. The van der Waals surface area contributed by atoms with Crippen molar-refractivity contribution in [2.24, 2.45) is 0 Å². The van der Waals surface area contributed by atoms with Crippen LogP contribution in [0.15, 0.2) is 30.5 Å². The number of pyridine rings is 1. The summed E-state index contributed by atoms with van der Waals surface area (Å²) in [5.41, 5.74) is 2.08. The number of nitrogens with one attached hydrogen (secondary N) is 1. The molecule has 2 heterocycles. The summed E-state index contributed by atoms with van der Waals surface area (Å²) in [5.74, 6) is 0.233. The van der Waals surface area contributed by atoms with Crippen molar-refractivity contribution in [2.75, 3.05) is 42.9 Å². The molecule has 29 heavy (non-hydrogen) atoms.